The first kappa shape index (κ1) is 22.0. The molecule has 0 aliphatic heterocycles. The summed E-state index contributed by atoms with van der Waals surface area (Å²) in [5.74, 6) is 0. The monoisotopic (exact) mass is 528 g/mol. The van der Waals surface area contributed by atoms with Crippen molar-refractivity contribution in [2.45, 2.75) is 0 Å². The van der Waals surface area contributed by atoms with Crippen LogP contribution >= 0.6 is 7.92 Å². The van der Waals surface area contributed by atoms with E-state index < -0.39 is 7.92 Å². The van der Waals surface area contributed by atoms with Crippen LogP contribution in [0.3, 0.4) is 0 Å². The first-order chi connectivity index (χ1) is 19.8. The van der Waals surface area contributed by atoms with E-state index in [1.165, 1.54) is 26.7 Å². The number of hydrogen-bond donors (Lipinski definition) is 0. The Hall–Kier alpha value is -4.85. The van der Waals surface area contributed by atoms with Gasteiger partial charge in [-0.05, 0) is 59.6 Å². The summed E-state index contributed by atoms with van der Waals surface area (Å²) in [6.45, 7) is 0. The average molecular weight is 529 g/mol. The Morgan fingerprint density at radius 1 is 0.450 bits per heavy atom. The number of benzene rings is 6. The van der Waals surface area contributed by atoms with Crippen molar-refractivity contribution in [3.05, 3.63) is 127 Å². The van der Waals surface area contributed by atoms with E-state index >= 15 is 0 Å². The van der Waals surface area contributed by atoms with Crippen LogP contribution in [0.15, 0.2) is 132 Å². The van der Waals surface area contributed by atoms with Crippen molar-refractivity contribution in [3.63, 3.8) is 0 Å². The van der Waals surface area contributed by atoms with E-state index in [0.717, 1.165) is 55.5 Å². The van der Waals surface area contributed by atoms with Gasteiger partial charge in [0.05, 0.1) is 22.4 Å². The van der Waals surface area contributed by atoms with Gasteiger partial charge in [-0.25, -0.2) is 9.97 Å². The van der Waals surface area contributed by atoms with Crippen LogP contribution in [0.2, 0.25) is 0 Å². The molecule has 186 valence electrons. The summed E-state index contributed by atoms with van der Waals surface area (Å²) in [7, 11) is -0.713. The van der Waals surface area contributed by atoms with Gasteiger partial charge in [-0.2, -0.15) is 0 Å². The minimum Gasteiger partial charge on any atom is -0.456 e. The van der Waals surface area contributed by atoms with E-state index in [2.05, 4.69) is 103 Å². The largest absolute Gasteiger partial charge is 0.456 e. The topological polar surface area (TPSA) is 38.9 Å². The third kappa shape index (κ3) is 3.10. The summed E-state index contributed by atoms with van der Waals surface area (Å²) in [5.41, 5.74) is 7.76. The summed E-state index contributed by atoms with van der Waals surface area (Å²) < 4.78 is 6.65. The molecule has 0 atom stereocenters. The Kier molecular flexibility index (Phi) is 4.58. The van der Waals surface area contributed by atoms with Crippen LogP contribution in [-0.2, 0) is 0 Å². The van der Waals surface area contributed by atoms with E-state index in [0.29, 0.717) is 0 Å². The van der Waals surface area contributed by atoms with Crippen LogP contribution in [0.5, 0.6) is 0 Å². The fourth-order valence-electron chi connectivity index (χ4n) is 6.24. The zero-order valence-electron chi connectivity index (χ0n) is 21.4. The fraction of sp³-hybridized carbons (Fsp3) is 0. The number of aromatic nitrogens is 2. The average Bonchev–Trinajstić information content (AvgIpc) is 3.53. The number of furan rings is 1. The predicted molar refractivity (Wildman–Crippen MR) is 167 cm³/mol. The Morgan fingerprint density at radius 2 is 1.10 bits per heavy atom. The maximum absolute atomic E-state index is 6.65. The highest BCUT2D eigenvalue weighted by atomic mass is 31.1. The smallest absolute Gasteiger partial charge is 0.136 e. The van der Waals surface area contributed by atoms with Gasteiger partial charge in [-0.3, -0.25) is 0 Å². The van der Waals surface area contributed by atoms with Gasteiger partial charge in [0.15, 0.2) is 0 Å². The Balaban J connectivity index is 1.29. The molecule has 6 aromatic carbocycles. The Morgan fingerprint density at radius 3 is 1.80 bits per heavy atom. The van der Waals surface area contributed by atoms with Crippen LogP contribution in [0.25, 0.3) is 66.3 Å². The molecule has 0 saturated heterocycles. The van der Waals surface area contributed by atoms with E-state index in [9.17, 15) is 0 Å². The third-order valence-electron chi connectivity index (χ3n) is 7.95. The maximum atomic E-state index is 6.65. The second-order valence-electron chi connectivity index (χ2n) is 10.2. The van der Waals surface area contributed by atoms with Crippen LogP contribution in [0.4, 0.5) is 0 Å². The highest BCUT2D eigenvalue weighted by Gasteiger charge is 2.28. The van der Waals surface area contributed by atoms with Crippen molar-refractivity contribution in [1.82, 2.24) is 9.97 Å². The third-order valence-corrected chi connectivity index (χ3v) is 10.4. The summed E-state index contributed by atoms with van der Waals surface area (Å²) in [5, 5.41) is 8.63. The summed E-state index contributed by atoms with van der Waals surface area (Å²) in [6, 6.07) is 45.2. The van der Waals surface area contributed by atoms with E-state index in [1.807, 2.05) is 24.3 Å². The molecule has 2 heterocycles. The minimum atomic E-state index is -0.713. The normalized spacial score (nSPS) is 12.2. The first-order valence-electron chi connectivity index (χ1n) is 13.4. The molecule has 1 aliphatic rings. The van der Waals surface area contributed by atoms with Crippen LogP contribution in [0, 0.1) is 0 Å². The number of fused-ring (bicyclic) bond motifs is 8. The van der Waals surface area contributed by atoms with Gasteiger partial charge in [0.2, 0.25) is 0 Å². The highest BCUT2D eigenvalue weighted by molar-refractivity contribution is 7.79. The van der Waals surface area contributed by atoms with Gasteiger partial charge >= 0.3 is 0 Å². The lowest BCUT2D eigenvalue weighted by Crippen LogP contribution is -2.20. The Labute approximate surface area is 231 Å². The first-order valence-corrected chi connectivity index (χ1v) is 14.8. The van der Waals surface area contributed by atoms with Crippen LogP contribution < -0.4 is 15.9 Å². The summed E-state index contributed by atoms with van der Waals surface area (Å²) >= 11 is 0. The Bertz CT molecular complexity index is 2230. The molecular weight excluding hydrogens is 507 g/mol. The molecule has 0 radical (unpaired) electrons. The molecule has 40 heavy (non-hydrogen) atoms. The molecule has 1 aliphatic carbocycles. The van der Waals surface area contributed by atoms with Crippen LogP contribution in [-0.4, -0.2) is 9.97 Å². The molecule has 4 heteroatoms. The molecule has 2 aromatic heterocycles. The molecule has 0 amide bonds. The molecule has 0 saturated carbocycles. The molecule has 3 nitrogen and oxygen atoms in total. The molecule has 9 rings (SSSR count). The van der Waals surface area contributed by atoms with E-state index in [-0.39, 0.29) is 0 Å². The van der Waals surface area contributed by atoms with E-state index in [4.69, 9.17) is 14.4 Å². The molecule has 0 bridgehead atoms. The lowest BCUT2D eigenvalue weighted by Gasteiger charge is -2.19. The van der Waals surface area contributed by atoms with Crippen molar-refractivity contribution in [1.29, 1.82) is 0 Å². The summed E-state index contributed by atoms with van der Waals surface area (Å²) in [4.78, 5) is 10.1. The number of nitrogens with zero attached hydrogens (tertiary/aromatic N) is 2. The predicted octanol–water partition coefficient (Wildman–Crippen LogP) is 8.09. The quantitative estimate of drug-likeness (QED) is 0.218. The van der Waals surface area contributed by atoms with Crippen molar-refractivity contribution in [2.75, 3.05) is 0 Å². The van der Waals surface area contributed by atoms with Crippen LogP contribution in [0.1, 0.15) is 0 Å². The van der Waals surface area contributed by atoms with Gasteiger partial charge in [0.1, 0.15) is 11.2 Å². The lowest BCUT2D eigenvalue weighted by atomic mass is 9.99. The second-order valence-corrected chi connectivity index (χ2v) is 12.4. The molecule has 0 fully saturated rings. The molecule has 0 unspecified atom stereocenters. The van der Waals surface area contributed by atoms with Gasteiger partial charge in [-0.15, -0.1) is 0 Å². The second kappa shape index (κ2) is 8.32. The standard InChI is InChI=1S/C36H21N2OP/c1-3-10-22(11-4-1)40(23-12-5-2-6-13-23)24-18-19-25-31(20-24)39-32-21-28-33-26(34(25)32)14-9-15-27(33)35-36(28)38-30-17-8-7-16-29(30)37-35/h1-21H. The SMILES string of the molecule is c1ccc(P(c2ccccc2)c2ccc3c(c2)oc2cc4c5c(cccc5c23)-c2nc3ccccc3nc2-4)cc1. The molecule has 0 N–H and O–H groups in total. The zero-order chi connectivity index (χ0) is 26.2. The highest BCUT2D eigenvalue weighted by Crippen LogP contribution is 2.50. The van der Waals surface area contributed by atoms with Gasteiger partial charge in [0, 0.05) is 27.3 Å². The van der Waals surface area contributed by atoms with E-state index in [1.54, 1.807) is 0 Å². The lowest BCUT2D eigenvalue weighted by molar-refractivity contribution is 0.669. The zero-order valence-corrected chi connectivity index (χ0v) is 22.3. The van der Waals surface area contributed by atoms with Gasteiger partial charge < -0.3 is 4.42 Å². The summed E-state index contributed by atoms with van der Waals surface area (Å²) in [6.07, 6.45) is 0. The van der Waals surface area contributed by atoms with Crippen molar-refractivity contribution in [2.24, 2.45) is 0 Å². The van der Waals surface area contributed by atoms with Crippen molar-refractivity contribution in [3.8, 4) is 22.5 Å². The number of para-hydroxylation sites is 2. The molecule has 8 aromatic rings. The van der Waals surface area contributed by atoms with Gasteiger partial charge in [-0.1, -0.05) is 97.1 Å². The number of rotatable bonds is 3. The molecular formula is C36H21N2OP. The molecule has 0 spiro atoms. The van der Waals surface area contributed by atoms with Crippen molar-refractivity contribution >= 4 is 67.6 Å². The van der Waals surface area contributed by atoms with Crippen molar-refractivity contribution < 1.29 is 4.42 Å². The number of hydrogen-bond acceptors (Lipinski definition) is 3. The fourth-order valence-corrected chi connectivity index (χ4v) is 8.54. The maximum Gasteiger partial charge on any atom is 0.136 e. The van der Waals surface area contributed by atoms with Gasteiger partial charge in [0.25, 0.3) is 0 Å². The minimum absolute atomic E-state index is 0.713.